The Kier molecular flexibility index (Phi) is 7.84. The molecular formula is C26H26F3N3O6S. The van der Waals surface area contributed by atoms with Gasteiger partial charge in [0.05, 0.1) is 18.2 Å². The molecule has 1 saturated heterocycles. The monoisotopic (exact) mass is 565 g/mol. The van der Waals surface area contributed by atoms with Crippen molar-refractivity contribution in [2.24, 2.45) is 0 Å². The highest BCUT2D eigenvalue weighted by atomic mass is 32.2. The van der Waals surface area contributed by atoms with Crippen molar-refractivity contribution in [3.05, 3.63) is 99.3 Å². The van der Waals surface area contributed by atoms with Crippen molar-refractivity contribution in [2.45, 2.75) is 24.7 Å². The first-order chi connectivity index (χ1) is 18.3. The van der Waals surface area contributed by atoms with Crippen LogP contribution in [0.1, 0.15) is 23.1 Å². The van der Waals surface area contributed by atoms with Gasteiger partial charge in [0, 0.05) is 37.6 Å². The van der Waals surface area contributed by atoms with E-state index in [2.05, 4.69) is 0 Å². The number of amides is 1. The number of nitrogens with zero attached hydrogens (tertiary/aromatic N) is 3. The minimum atomic E-state index is -4.43. The number of alkyl halides is 3. The summed E-state index contributed by atoms with van der Waals surface area (Å²) in [6, 6.07) is 13.5. The molecule has 0 saturated carbocycles. The Bertz CT molecular complexity index is 1400. The third-order valence-corrected chi connectivity index (χ3v) is 7.17. The van der Waals surface area contributed by atoms with Crippen LogP contribution in [-0.4, -0.2) is 67.0 Å². The summed E-state index contributed by atoms with van der Waals surface area (Å²) in [7, 11) is -4.18. The van der Waals surface area contributed by atoms with Gasteiger partial charge in [-0.2, -0.15) is 21.6 Å². The lowest BCUT2D eigenvalue weighted by atomic mass is 9.81. The van der Waals surface area contributed by atoms with Crippen molar-refractivity contribution in [3.63, 3.8) is 0 Å². The number of benzene rings is 2. The highest BCUT2D eigenvalue weighted by Gasteiger charge is 2.60. The Balaban J connectivity index is 1.54. The molecular weight excluding hydrogens is 539 g/mol. The lowest BCUT2D eigenvalue weighted by Gasteiger charge is -2.38. The van der Waals surface area contributed by atoms with Crippen molar-refractivity contribution in [1.29, 1.82) is 0 Å². The van der Waals surface area contributed by atoms with Crippen LogP contribution in [0.3, 0.4) is 0 Å². The predicted octanol–water partition coefficient (Wildman–Crippen LogP) is 3.71. The average molecular weight is 566 g/mol. The first-order valence-corrected chi connectivity index (χ1v) is 13.8. The van der Waals surface area contributed by atoms with Crippen molar-refractivity contribution in [1.82, 2.24) is 9.80 Å². The first-order valence-electron chi connectivity index (χ1n) is 12.0. The van der Waals surface area contributed by atoms with Crippen LogP contribution in [0.5, 0.6) is 0 Å². The normalized spacial score (nSPS) is 20.7. The Morgan fingerprint density at radius 1 is 1.03 bits per heavy atom. The lowest BCUT2D eigenvalue weighted by Crippen LogP contribution is -2.60. The number of hydrogen-bond donors (Lipinski definition) is 0. The van der Waals surface area contributed by atoms with E-state index in [1.165, 1.54) is 23.1 Å². The number of halogens is 3. The van der Waals surface area contributed by atoms with Gasteiger partial charge in [-0.15, -0.1) is 0 Å². The molecule has 1 atom stereocenters. The fourth-order valence-corrected chi connectivity index (χ4v) is 5.21. The standard InChI is InChI=1S/C26H26F3N3O6S/c1-39(36,37)38-23-12-9-21(20-5-3-2-4-6-20)17-25(23,32(34)35)24(33)31-15-13-30(14-16-31)18-19-7-10-22(11-8-19)26(27,28)29/h2-12H,13-18H2,1H3. The molecule has 1 fully saturated rings. The second-order valence-corrected chi connectivity index (χ2v) is 11.0. The number of piperazine rings is 1. The molecule has 0 N–H and O–H groups in total. The van der Waals surface area contributed by atoms with Gasteiger partial charge in [-0.05, 0) is 34.9 Å². The second kappa shape index (κ2) is 10.8. The predicted molar refractivity (Wildman–Crippen MR) is 136 cm³/mol. The van der Waals surface area contributed by atoms with E-state index >= 15 is 0 Å². The SMILES string of the molecule is CS(=O)(=O)OC1=CC=C(c2ccccc2)CC1(C(=O)N1CCN(Cc2ccc(C(F)(F)F)cc2)CC1)[N+](=O)[O-]. The van der Waals surface area contributed by atoms with Crippen LogP contribution in [0.25, 0.3) is 5.57 Å². The van der Waals surface area contributed by atoms with Crippen LogP contribution < -0.4 is 0 Å². The number of hydrogen-bond acceptors (Lipinski definition) is 7. The number of nitro groups is 1. The van der Waals surface area contributed by atoms with Gasteiger partial charge in [-0.3, -0.25) is 19.8 Å². The maximum Gasteiger partial charge on any atom is 0.416 e. The summed E-state index contributed by atoms with van der Waals surface area (Å²) in [5, 5.41) is 12.6. The number of rotatable bonds is 7. The molecule has 208 valence electrons. The van der Waals surface area contributed by atoms with Gasteiger partial charge in [-0.1, -0.05) is 48.5 Å². The molecule has 0 radical (unpaired) electrons. The minimum absolute atomic E-state index is 0.103. The number of carbonyl (C=O) groups is 1. The molecule has 1 aliphatic heterocycles. The molecule has 2 aromatic rings. The van der Waals surface area contributed by atoms with Crippen LogP contribution >= 0.6 is 0 Å². The van der Waals surface area contributed by atoms with Gasteiger partial charge < -0.3 is 9.08 Å². The zero-order valence-corrected chi connectivity index (χ0v) is 21.7. The molecule has 4 rings (SSSR count). The second-order valence-electron chi connectivity index (χ2n) is 9.43. The summed E-state index contributed by atoms with van der Waals surface area (Å²) in [5.41, 5.74) is -1.46. The maximum absolute atomic E-state index is 13.8. The van der Waals surface area contributed by atoms with E-state index in [-0.39, 0.29) is 13.1 Å². The van der Waals surface area contributed by atoms with E-state index < -0.39 is 50.4 Å². The molecule has 0 spiro atoms. The fraction of sp³-hybridized carbons (Fsp3) is 0.346. The molecule has 0 aromatic heterocycles. The quantitative estimate of drug-likeness (QED) is 0.286. The lowest BCUT2D eigenvalue weighted by molar-refractivity contribution is -0.545. The van der Waals surface area contributed by atoms with E-state index in [0.29, 0.717) is 36.3 Å². The Morgan fingerprint density at radius 2 is 1.64 bits per heavy atom. The van der Waals surface area contributed by atoms with E-state index in [1.807, 2.05) is 4.90 Å². The molecule has 1 amide bonds. The van der Waals surface area contributed by atoms with Gasteiger partial charge in [0.1, 0.15) is 0 Å². The summed E-state index contributed by atoms with van der Waals surface area (Å²) in [5.74, 6) is -1.47. The molecule has 1 aliphatic carbocycles. The van der Waals surface area contributed by atoms with Gasteiger partial charge >= 0.3 is 27.7 Å². The number of allylic oxidation sites excluding steroid dienone is 2. The third-order valence-electron chi connectivity index (χ3n) is 6.69. The van der Waals surface area contributed by atoms with Gasteiger partial charge in [0.25, 0.3) is 0 Å². The minimum Gasteiger partial charge on any atom is -0.379 e. The topological polar surface area (TPSA) is 110 Å². The molecule has 1 unspecified atom stereocenters. The maximum atomic E-state index is 13.8. The number of carbonyl (C=O) groups excluding carboxylic acids is 1. The Morgan fingerprint density at radius 3 is 2.18 bits per heavy atom. The summed E-state index contributed by atoms with van der Waals surface area (Å²) in [6.45, 7) is 1.17. The molecule has 2 aromatic carbocycles. The van der Waals surface area contributed by atoms with Crippen molar-refractivity contribution >= 4 is 21.6 Å². The van der Waals surface area contributed by atoms with Crippen LogP contribution in [0, 0.1) is 10.1 Å². The van der Waals surface area contributed by atoms with E-state index in [9.17, 15) is 36.5 Å². The van der Waals surface area contributed by atoms with E-state index in [0.717, 1.165) is 24.5 Å². The average Bonchev–Trinajstić information content (AvgIpc) is 2.88. The summed E-state index contributed by atoms with van der Waals surface area (Å²) in [4.78, 5) is 28.8. The van der Waals surface area contributed by atoms with Crippen LogP contribution in [-0.2, 0) is 31.8 Å². The molecule has 1 heterocycles. The molecule has 0 bridgehead atoms. The Hall–Kier alpha value is -3.71. The van der Waals surface area contributed by atoms with Crippen LogP contribution in [0.15, 0.2) is 72.5 Å². The highest BCUT2D eigenvalue weighted by molar-refractivity contribution is 7.86. The molecule has 9 nitrogen and oxygen atoms in total. The first kappa shape index (κ1) is 28.3. The zero-order chi connectivity index (χ0) is 28.4. The van der Waals surface area contributed by atoms with Gasteiger partial charge in [0.2, 0.25) is 5.76 Å². The zero-order valence-electron chi connectivity index (χ0n) is 20.9. The van der Waals surface area contributed by atoms with E-state index in [4.69, 9.17) is 4.18 Å². The van der Waals surface area contributed by atoms with Gasteiger partial charge in [0.15, 0.2) is 0 Å². The van der Waals surface area contributed by atoms with Crippen molar-refractivity contribution < 1.29 is 35.5 Å². The van der Waals surface area contributed by atoms with Crippen molar-refractivity contribution in [2.75, 3.05) is 32.4 Å². The summed E-state index contributed by atoms with van der Waals surface area (Å²) in [6.07, 6.45) is -1.42. The summed E-state index contributed by atoms with van der Waals surface area (Å²) < 4.78 is 67.4. The molecule has 39 heavy (non-hydrogen) atoms. The molecule has 2 aliphatic rings. The van der Waals surface area contributed by atoms with Gasteiger partial charge in [-0.25, -0.2) is 0 Å². The fourth-order valence-electron chi connectivity index (χ4n) is 4.69. The third kappa shape index (κ3) is 6.31. The van der Waals surface area contributed by atoms with Crippen LogP contribution in [0.2, 0.25) is 0 Å². The molecule has 13 heteroatoms. The van der Waals surface area contributed by atoms with Crippen LogP contribution in [0.4, 0.5) is 13.2 Å². The smallest absolute Gasteiger partial charge is 0.379 e. The van der Waals surface area contributed by atoms with E-state index in [1.54, 1.807) is 30.3 Å². The summed E-state index contributed by atoms with van der Waals surface area (Å²) >= 11 is 0. The van der Waals surface area contributed by atoms with Crippen molar-refractivity contribution in [3.8, 4) is 0 Å². The Labute approximate surface area is 223 Å². The highest BCUT2D eigenvalue weighted by Crippen LogP contribution is 2.40. The largest absolute Gasteiger partial charge is 0.416 e.